The van der Waals surface area contributed by atoms with Gasteiger partial charge >= 0.3 is 0 Å². The standard InChI is InChI=1S/C20H28N2O2S2/c1-14(21-26(23)20(2,3)4)18-10-11-19(25-18)17-9-8-16(24-7)12-15(17)13-22(5)6/h8-12H,13H2,1-7H3/b21-14+. The molecule has 0 aliphatic carbocycles. The minimum Gasteiger partial charge on any atom is -0.497 e. The highest BCUT2D eigenvalue weighted by molar-refractivity contribution is 7.85. The van der Waals surface area contributed by atoms with Gasteiger partial charge in [-0.05, 0) is 83.2 Å². The average Bonchev–Trinajstić information content (AvgIpc) is 3.03. The molecule has 0 saturated heterocycles. The predicted octanol–water partition coefficient (Wildman–Crippen LogP) is 4.76. The molecule has 1 heterocycles. The van der Waals surface area contributed by atoms with Gasteiger partial charge in [0.25, 0.3) is 0 Å². The topological polar surface area (TPSA) is 41.9 Å². The highest BCUT2D eigenvalue weighted by Crippen LogP contribution is 2.34. The summed E-state index contributed by atoms with van der Waals surface area (Å²) in [5, 5.41) is 0. The molecule has 0 N–H and O–H groups in total. The van der Waals surface area contributed by atoms with Crippen LogP contribution in [0.25, 0.3) is 10.4 Å². The molecular formula is C20H28N2O2S2. The van der Waals surface area contributed by atoms with Crippen LogP contribution >= 0.6 is 11.3 Å². The first-order valence-electron chi connectivity index (χ1n) is 8.51. The van der Waals surface area contributed by atoms with Crippen molar-refractivity contribution >= 4 is 28.0 Å². The summed E-state index contributed by atoms with van der Waals surface area (Å²) in [6.45, 7) is 8.56. The van der Waals surface area contributed by atoms with Crippen molar-refractivity contribution in [2.75, 3.05) is 21.2 Å². The van der Waals surface area contributed by atoms with Crippen molar-refractivity contribution < 1.29 is 8.95 Å². The smallest absolute Gasteiger partial charge is 0.145 e. The second-order valence-electron chi connectivity index (χ2n) is 7.46. The van der Waals surface area contributed by atoms with E-state index in [0.29, 0.717) is 0 Å². The van der Waals surface area contributed by atoms with Crippen LogP contribution in [-0.2, 0) is 17.5 Å². The van der Waals surface area contributed by atoms with Gasteiger partial charge in [0.2, 0.25) is 0 Å². The Morgan fingerprint density at radius 2 is 1.92 bits per heavy atom. The van der Waals surface area contributed by atoms with Crippen LogP contribution in [0.5, 0.6) is 5.75 Å². The number of nitrogens with zero attached hydrogens (tertiary/aromatic N) is 2. The van der Waals surface area contributed by atoms with Gasteiger partial charge in [0.05, 0.1) is 17.6 Å². The molecule has 6 heteroatoms. The first-order chi connectivity index (χ1) is 12.1. The van der Waals surface area contributed by atoms with E-state index >= 15 is 0 Å². The lowest BCUT2D eigenvalue weighted by molar-refractivity contribution is 0.396. The zero-order valence-electron chi connectivity index (χ0n) is 16.6. The van der Waals surface area contributed by atoms with Gasteiger partial charge in [-0.3, -0.25) is 0 Å². The predicted molar refractivity (Wildman–Crippen MR) is 114 cm³/mol. The highest BCUT2D eigenvalue weighted by atomic mass is 32.2. The molecule has 0 radical (unpaired) electrons. The van der Waals surface area contributed by atoms with Crippen molar-refractivity contribution in [1.29, 1.82) is 0 Å². The Kier molecular flexibility index (Phi) is 6.77. The summed E-state index contributed by atoms with van der Waals surface area (Å²) in [5.74, 6) is 0.862. The van der Waals surface area contributed by atoms with Crippen LogP contribution in [0.3, 0.4) is 0 Å². The summed E-state index contributed by atoms with van der Waals surface area (Å²) in [6.07, 6.45) is 0. The summed E-state index contributed by atoms with van der Waals surface area (Å²) in [7, 11) is 4.55. The largest absolute Gasteiger partial charge is 0.497 e. The van der Waals surface area contributed by atoms with E-state index in [0.717, 1.165) is 22.9 Å². The molecule has 1 atom stereocenters. The van der Waals surface area contributed by atoms with Crippen LogP contribution in [0.15, 0.2) is 34.7 Å². The van der Waals surface area contributed by atoms with Gasteiger partial charge in [-0.15, -0.1) is 11.3 Å². The molecule has 0 spiro atoms. The number of hydrogen-bond acceptors (Lipinski definition) is 4. The lowest BCUT2D eigenvalue weighted by atomic mass is 10.1. The van der Waals surface area contributed by atoms with E-state index in [1.54, 1.807) is 18.4 Å². The van der Waals surface area contributed by atoms with E-state index in [-0.39, 0.29) is 4.75 Å². The summed E-state index contributed by atoms with van der Waals surface area (Å²) < 4.78 is 21.7. The number of methoxy groups -OCH3 is 1. The third-order valence-electron chi connectivity index (χ3n) is 3.77. The number of benzene rings is 1. The lowest BCUT2D eigenvalue weighted by Gasteiger charge is -2.15. The third-order valence-corrected chi connectivity index (χ3v) is 6.49. The van der Waals surface area contributed by atoms with Gasteiger partial charge in [-0.1, -0.05) is 0 Å². The molecule has 0 saturated carbocycles. The van der Waals surface area contributed by atoms with Crippen molar-refractivity contribution in [2.45, 2.75) is 39.0 Å². The van der Waals surface area contributed by atoms with Crippen LogP contribution in [-0.4, -0.2) is 40.8 Å². The summed E-state index contributed by atoms with van der Waals surface area (Å²) in [6, 6.07) is 10.4. The molecule has 1 aromatic carbocycles. The van der Waals surface area contributed by atoms with E-state index in [2.05, 4.69) is 47.7 Å². The van der Waals surface area contributed by atoms with Gasteiger partial charge in [-0.2, -0.15) is 4.40 Å². The van der Waals surface area contributed by atoms with Crippen molar-refractivity contribution in [1.82, 2.24) is 4.90 Å². The molecule has 0 aliphatic heterocycles. The summed E-state index contributed by atoms with van der Waals surface area (Å²) in [5.41, 5.74) is 3.23. The van der Waals surface area contributed by atoms with Gasteiger partial charge in [0, 0.05) is 16.3 Å². The Balaban J connectivity index is 2.38. The maximum atomic E-state index is 12.3. The molecule has 0 bridgehead atoms. The fourth-order valence-corrected chi connectivity index (χ4v) is 4.08. The Labute approximate surface area is 163 Å². The quantitative estimate of drug-likeness (QED) is 0.666. The SMILES string of the molecule is COc1ccc(-c2ccc(/C(C)=N/S(=O)C(C)(C)C)s2)c(CN(C)C)c1. The van der Waals surface area contributed by atoms with E-state index in [1.807, 2.05) is 33.8 Å². The second-order valence-corrected chi connectivity index (χ2v) is 10.5. The summed E-state index contributed by atoms with van der Waals surface area (Å²) >= 11 is 1.68. The molecule has 26 heavy (non-hydrogen) atoms. The number of hydrogen-bond donors (Lipinski definition) is 0. The molecule has 2 aromatic rings. The van der Waals surface area contributed by atoms with Crippen molar-refractivity contribution in [2.24, 2.45) is 4.40 Å². The zero-order chi connectivity index (χ0) is 19.5. The Morgan fingerprint density at radius 1 is 1.23 bits per heavy atom. The van der Waals surface area contributed by atoms with Crippen LogP contribution < -0.4 is 4.74 Å². The highest BCUT2D eigenvalue weighted by Gasteiger charge is 2.20. The fourth-order valence-electron chi connectivity index (χ4n) is 2.39. The number of rotatable bonds is 6. The lowest BCUT2D eigenvalue weighted by Crippen LogP contribution is -2.20. The van der Waals surface area contributed by atoms with E-state index in [1.165, 1.54) is 16.0 Å². The molecule has 0 amide bonds. The second kappa shape index (κ2) is 8.46. The van der Waals surface area contributed by atoms with Crippen molar-refractivity contribution in [3.8, 4) is 16.2 Å². The molecule has 1 aromatic heterocycles. The molecule has 2 rings (SSSR count). The maximum absolute atomic E-state index is 12.3. The molecule has 0 aliphatic rings. The zero-order valence-corrected chi connectivity index (χ0v) is 18.3. The van der Waals surface area contributed by atoms with Gasteiger partial charge in [0.15, 0.2) is 0 Å². The van der Waals surface area contributed by atoms with E-state index < -0.39 is 11.0 Å². The van der Waals surface area contributed by atoms with Crippen LogP contribution in [0.1, 0.15) is 38.1 Å². The molecule has 142 valence electrons. The molecule has 4 nitrogen and oxygen atoms in total. The average molecular weight is 393 g/mol. The Bertz CT molecular complexity index is 817. The monoisotopic (exact) mass is 392 g/mol. The van der Waals surface area contributed by atoms with E-state index in [9.17, 15) is 4.21 Å². The minimum absolute atomic E-state index is 0.351. The third kappa shape index (κ3) is 5.25. The first-order valence-corrected chi connectivity index (χ1v) is 10.4. The molecule has 1 unspecified atom stereocenters. The summed E-state index contributed by atoms with van der Waals surface area (Å²) in [4.78, 5) is 4.37. The van der Waals surface area contributed by atoms with E-state index in [4.69, 9.17) is 4.74 Å². The van der Waals surface area contributed by atoms with Gasteiger partial charge in [-0.25, -0.2) is 4.21 Å². The first kappa shape index (κ1) is 20.8. The Hall–Kier alpha value is -1.50. The van der Waals surface area contributed by atoms with Gasteiger partial charge in [0.1, 0.15) is 16.7 Å². The van der Waals surface area contributed by atoms with Crippen LogP contribution in [0.2, 0.25) is 0 Å². The Morgan fingerprint density at radius 3 is 2.50 bits per heavy atom. The molecule has 0 fully saturated rings. The molecular weight excluding hydrogens is 364 g/mol. The fraction of sp³-hybridized carbons (Fsp3) is 0.450. The number of ether oxygens (including phenoxy) is 1. The van der Waals surface area contributed by atoms with Crippen molar-refractivity contribution in [3.63, 3.8) is 0 Å². The van der Waals surface area contributed by atoms with Gasteiger partial charge < -0.3 is 9.64 Å². The van der Waals surface area contributed by atoms with Crippen molar-refractivity contribution in [3.05, 3.63) is 40.8 Å². The number of thiophene rings is 1. The van der Waals surface area contributed by atoms with Crippen LogP contribution in [0, 0.1) is 0 Å². The van der Waals surface area contributed by atoms with Crippen LogP contribution in [0.4, 0.5) is 0 Å². The normalized spacial score (nSPS) is 13.9. The maximum Gasteiger partial charge on any atom is 0.145 e. The minimum atomic E-state index is -1.25.